The molecule has 5 nitrogen and oxygen atoms in total. The Kier molecular flexibility index (Phi) is 6.52. The summed E-state index contributed by atoms with van der Waals surface area (Å²) in [4.78, 5) is 23.7. The van der Waals surface area contributed by atoms with Gasteiger partial charge in [0.15, 0.2) is 5.13 Å². The third-order valence-electron chi connectivity index (χ3n) is 4.75. The zero-order valence-electron chi connectivity index (χ0n) is 17.1. The molecule has 0 radical (unpaired) electrons. The summed E-state index contributed by atoms with van der Waals surface area (Å²) in [7, 11) is 0. The molecule has 158 valence electrons. The van der Waals surface area contributed by atoms with Crippen LogP contribution in [0.3, 0.4) is 0 Å². The van der Waals surface area contributed by atoms with Crippen LogP contribution in [-0.4, -0.2) is 22.5 Å². The fraction of sp³-hybridized carbons (Fsp3) is 0.208. The first-order valence-electron chi connectivity index (χ1n) is 10.1. The first kappa shape index (κ1) is 20.9. The summed E-state index contributed by atoms with van der Waals surface area (Å²) < 4.78 is 20.0. The van der Waals surface area contributed by atoms with Gasteiger partial charge in [0.1, 0.15) is 11.6 Å². The average Bonchev–Trinajstić information content (AvgIpc) is 3.21. The molecule has 31 heavy (non-hydrogen) atoms. The first-order valence-corrected chi connectivity index (χ1v) is 11.0. The first-order chi connectivity index (χ1) is 15.1. The lowest BCUT2D eigenvalue weighted by Crippen LogP contribution is -2.30. The summed E-state index contributed by atoms with van der Waals surface area (Å²) in [6, 6.07) is 15.3. The number of unbranched alkanes of at least 4 members (excludes halogenated alkanes) is 1. The Labute approximate surface area is 184 Å². The van der Waals surface area contributed by atoms with Gasteiger partial charge in [0.25, 0.3) is 5.91 Å². The van der Waals surface area contributed by atoms with Gasteiger partial charge in [-0.25, -0.2) is 9.37 Å². The number of ether oxygens (including phenoxy) is 1. The molecule has 0 saturated heterocycles. The molecule has 2 heterocycles. The number of nitrogens with zero attached hydrogens (tertiary/aromatic N) is 3. The quantitative estimate of drug-likeness (QED) is 0.326. The highest BCUT2D eigenvalue weighted by Gasteiger charge is 2.22. The van der Waals surface area contributed by atoms with Crippen LogP contribution in [-0.2, 0) is 6.54 Å². The third-order valence-corrected chi connectivity index (χ3v) is 5.79. The van der Waals surface area contributed by atoms with Gasteiger partial charge >= 0.3 is 0 Å². The fourth-order valence-corrected chi connectivity index (χ4v) is 4.07. The lowest BCUT2D eigenvalue weighted by Gasteiger charge is -2.20. The van der Waals surface area contributed by atoms with Gasteiger partial charge in [-0.3, -0.25) is 14.7 Å². The second-order valence-corrected chi connectivity index (χ2v) is 8.10. The molecule has 0 bridgehead atoms. The molecule has 0 aliphatic carbocycles. The highest BCUT2D eigenvalue weighted by molar-refractivity contribution is 7.22. The molecule has 0 spiro atoms. The second-order valence-electron chi connectivity index (χ2n) is 7.09. The maximum absolute atomic E-state index is 13.6. The van der Waals surface area contributed by atoms with Crippen molar-refractivity contribution in [3.8, 4) is 5.75 Å². The molecule has 4 aromatic rings. The van der Waals surface area contributed by atoms with E-state index in [-0.39, 0.29) is 11.7 Å². The Hall–Kier alpha value is -3.32. The fourth-order valence-electron chi connectivity index (χ4n) is 3.09. The molecule has 0 unspecified atom stereocenters. The van der Waals surface area contributed by atoms with E-state index in [2.05, 4.69) is 16.9 Å². The van der Waals surface area contributed by atoms with Gasteiger partial charge < -0.3 is 4.74 Å². The average molecular weight is 436 g/mol. The molecular formula is C24H22FN3O2S. The lowest BCUT2D eigenvalue weighted by atomic mass is 10.2. The smallest absolute Gasteiger partial charge is 0.260 e. The van der Waals surface area contributed by atoms with Gasteiger partial charge in [0.05, 0.1) is 23.4 Å². The Morgan fingerprint density at radius 1 is 1.16 bits per heavy atom. The summed E-state index contributed by atoms with van der Waals surface area (Å²) in [6.45, 7) is 3.07. The van der Waals surface area contributed by atoms with Crippen LogP contribution in [0.15, 0.2) is 67.0 Å². The highest BCUT2D eigenvalue weighted by Crippen LogP contribution is 2.31. The van der Waals surface area contributed by atoms with E-state index in [4.69, 9.17) is 4.74 Å². The minimum atomic E-state index is -0.327. The van der Waals surface area contributed by atoms with E-state index < -0.39 is 0 Å². The van der Waals surface area contributed by atoms with Crippen molar-refractivity contribution in [1.29, 1.82) is 0 Å². The van der Waals surface area contributed by atoms with E-state index in [1.807, 2.05) is 12.1 Å². The number of halogens is 1. The van der Waals surface area contributed by atoms with Crippen molar-refractivity contribution in [3.05, 3.63) is 83.9 Å². The number of hydrogen-bond acceptors (Lipinski definition) is 5. The van der Waals surface area contributed by atoms with E-state index in [1.165, 1.54) is 23.5 Å². The number of fused-ring (bicyclic) bond motifs is 1. The molecule has 2 aromatic heterocycles. The molecule has 0 aliphatic rings. The van der Waals surface area contributed by atoms with Crippen LogP contribution in [0.5, 0.6) is 5.75 Å². The maximum Gasteiger partial charge on any atom is 0.260 e. The lowest BCUT2D eigenvalue weighted by molar-refractivity contribution is 0.0985. The number of carbonyl (C=O) groups excluding carboxylic acids is 1. The van der Waals surface area contributed by atoms with Crippen LogP contribution in [0.1, 0.15) is 35.7 Å². The van der Waals surface area contributed by atoms with Gasteiger partial charge in [-0.15, -0.1) is 0 Å². The number of rotatable bonds is 8. The standard InChI is InChI=1S/C24H22FN3O2S/c1-2-3-13-30-20-9-6-18(7-10-20)23(29)28(16-17-5-4-12-26-15-17)24-27-21-11-8-19(25)14-22(21)31-24/h4-12,14-15H,2-3,13,16H2,1H3. The Bertz CT molecular complexity index is 1160. The topological polar surface area (TPSA) is 55.3 Å². The summed E-state index contributed by atoms with van der Waals surface area (Å²) in [5.74, 6) is 0.217. The van der Waals surface area contributed by atoms with E-state index in [9.17, 15) is 9.18 Å². The molecular weight excluding hydrogens is 413 g/mol. The maximum atomic E-state index is 13.6. The van der Waals surface area contributed by atoms with Gasteiger partial charge in [-0.2, -0.15) is 0 Å². The SMILES string of the molecule is CCCCOc1ccc(C(=O)N(Cc2cccnc2)c2nc3ccc(F)cc3s2)cc1. The summed E-state index contributed by atoms with van der Waals surface area (Å²) in [5.41, 5.74) is 2.06. The molecule has 2 aromatic carbocycles. The predicted molar refractivity (Wildman–Crippen MR) is 121 cm³/mol. The normalized spacial score (nSPS) is 10.9. The molecule has 4 rings (SSSR count). The Balaban J connectivity index is 1.63. The van der Waals surface area contributed by atoms with E-state index in [0.717, 1.165) is 24.2 Å². The number of hydrogen-bond donors (Lipinski definition) is 0. The molecule has 0 fully saturated rings. The highest BCUT2D eigenvalue weighted by atomic mass is 32.1. The summed E-state index contributed by atoms with van der Waals surface area (Å²) >= 11 is 1.29. The van der Waals surface area contributed by atoms with Crippen LogP contribution in [0.4, 0.5) is 9.52 Å². The number of thiazole rings is 1. The molecule has 7 heteroatoms. The monoisotopic (exact) mass is 435 g/mol. The van der Waals surface area contributed by atoms with Crippen molar-refractivity contribution >= 4 is 32.6 Å². The van der Waals surface area contributed by atoms with Crippen molar-refractivity contribution in [1.82, 2.24) is 9.97 Å². The van der Waals surface area contributed by atoms with Crippen molar-refractivity contribution in [2.75, 3.05) is 11.5 Å². The van der Waals surface area contributed by atoms with Crippen molar-refractivity contribution in [2.24, 2.45) is 0 Å². The summed E-state index contributed by atoms with van der Waals surface area (Å²) in [6.07, 6.45) is 5.45. The zero-order valence-corrected chi connectivity index (χ0v) is 17.9. The number of pyridine rings is 1. The van der Waals surface area contributed by atoms with E-state index in [1.54, 1.807) is 47.6 Å². The Morgan fingerprint density at radius 3 is 2.74 bits per heavy atom. The van der Waals surface area contributed by atoms with Crippen LogP contribution >= 0.6 is 11.3 Å². The number of aromatic nitrogens is 2. The van der Waals surface area contributed by atoms with Crippen LogP contribution in [0, 0.1) is 5.82 Å². The molecule has 0 N–H and O–H groups in total. The van der Waals surface area contributed by atoms with Crippen molar-refractivity contribution < 1.29 is 13.9 Å². The largest absolute Gasteiger partial charge is 0.494 e. The number of carbonyl (C=O) groups is 1. The van der Waals surface area contributed by atoms with E-state index in [0.29, 0.717) is 34.1 Å². The molecule has 0 atom stereocenters. The van der Waals surface area contributed by atoms with E-state index >= 15 is 0 Å². The third kappa shape index (κ3) is 5.06. The van der Waals surface area contributed by atoms with Crippen LogP contribution < -0.4 is 9.64 Å². The van der Waals surface area contributed by atoms with Crippen molar-refractivity contribution in [2.45, 2.75) is 26.3 Å². The molecule has 0 aliphatic heterocycles. The van der Waals surface area contributed by atoms with Gasteiger partial charge in [-0.05, 0) is 60.5 Å². The predicted octanol–water partition coefficient (Wildman–Crippen LogP) is 5.86. The number of benzene rings is 2. The van der Waals surface area contributed by atoms with Crippen LogP contribution in [0.2, 0.25) is 0 Å². The number of amides is 1. The number of anilines is 1. The van der Waals surface area contributed by atoms with Gasteiger partial charge in [-0.1, -0.05) is 30.7 Å². The minimum absolute atomic E-state index is 0.191. The zero-order chi connectivity index (χ0) is 21.6. The minimum Gasteiger partial charge on any atom is -0.494 e. The van der Waals surface area contributed by atoms with Crippen molar-refractivity contribution in [3.63, 3.8) is 0 Å². The summed E-state index contributed by atoms with van der Waals surface area (Å²) in [5, 5.41) is 0.512. The Morgan fingerprint density at radius 2 is 2.00 bits per heavy atom. The van der Waals surface area contributed by atoms with Gasteiger partial charge in [0, 0.05) is 18.0 Å². The molecule has 0 saturated carbocycles. The van der Waals surface area contributed by atoms with Gasteiger partial charge in [0.2, 0.25) is 0 Å². The molecule has 1 amide bonds. The second kappa shape index (κ2) is 9.66. The van der Waals surface area contributed by atoms with Crippen LogP contribution in [0.25, 0.3) is 10.2 Å².